The van der Waals surface area contributed by atoms with Crippen molar-refractivity contribution < 1.29 is 18.8 Å². The number of alkyl halides is 1. The Labute approximate surface area is 142 Å². The number of ketones is 1. The average Bonchev–Trinajstić information content (AvgIpc) is 3.19. The highest BCUT2D eigenvalue weighted by molar-refractivity contribution is 5.93. The van der Waals surface area contributed by atoms with E-state index in [4.69, 9.17) is 0 Å². The summed E-state index contributed by atoms with van der Waals surface area (Å²) in [6.45, 7) is 6.05. The lowest BCUT2D eigenvalue weighted by atomic mass is 9.95. The highest BCUT2D eigenvalue weighted by Gasteiger charge is 2.40. The predicted octanol–water partition coefficient (Wildman–Crippen LogP) is 0.797. The van der Waals surface area contributed by atoms with Crippen molar-refractivity contribution in [2.24, 2.45) is 5.92 Å². The van der Waals surface area contributed by atoms with Gasteiger partial charge in [0.05, 0.1) is 12.1 Å². The van der Waals surface area contributed by atoms with Crippen molar-refractivity contribution >= 4 is 17.6 Å². The molecule has 0 bridgehead atoms. The Balaban J connectivity index is 2.02. The Morgan fingerprint density at radius 3 is 2.62 bits per heavy atom. The molecule has 0 aliphatic carbocycles. The van der Waals surface area contributed by atoms with E-state index >= 15 is 0 Å². The summed E-state index contributed by atoms with van der Waals surface area (Å²) in [4.78, 5) is 38.5. The van der Waals surface area contributed by atoms with Crippen molar-refractivity contribution in [3.05, 3.63) is 0 Å². The second-order valence-corrected chi connectivity index (χ2v) is 6.97. The summed E-state index contributed by atoms with van der Waals surface area (Å²) in [7, 11) is 0. The quantitative estimate of drug-likeness (QED) is 0.749. The van der Waals surface area contributed by atoms with Crippen LogP contribution in [0.25, 0.3) is 0 Å². The lowest BCUT2D eigenvalue weighted by molar-refractivity contribution is -0.140. The number of hydrogen-bond acceptors (Lipinski definition) is 4. The van der Waals surface area contributed by atoms with Crippen LogP contribution in [0.2, 0.25) is 0 Å². The number of amides is 2. The number of rotatable bonds is 6. The van der Waals surface area contributed by atoms with Gasteiger partial charge in [-0.15, -0.1) is 0 Å². The maximum absolute atomic E-state index is 13.3. The third-order valence-electron chi connectivity index (χ3n) is 5.16. The van der Waals surface area contributed by atoms with E-state index in [-0.39, 0.29) is 36.5 Å². The Morgan fingerprint density at radius 1 is 1.38 bits per heavy atom. The molecule has 0 spiro atoms. The first-order valence-electron chi connectivity index (χ1n) is 8.83. The van der Waals surface area contributed by atoms with Gasteiger partial charge < -0.3 is 15.5 Å². The lowest BCUT2D eigenvalue weighted by Crippen LogP contribution is -2.54. The minimum atomic E-state index is -1.01. The van der Waals surface area contributed by atoms with Gasteiger partial charge in [0.25, 0.3) is 0 Å². The fourth-order valence-electron chi connectivity index (χ4n) is 3.51. The smallest absolute Gasteiger partial charge is 0.243 e. The number of carbonyl (C=O) groups excluding carboxylic acids is 3. The van der Waals surface area contributed by atoms with E-state index in [1.54, 1.807) is 4.90 Å². The van der Waals surface area contributed by atoms with Gasteiger partial charge in [0, 0.05) is 19.5 Å². The first-order chi connectivity index (χ1) is 11.3. The van der Waals surface area contributed by atoms with Crippen LogP contribution in [0.5, 0.6) is 0 Å². The molecule has 0 saturated carbocycles. The number of hydrogen-bond donors (Lipinski definition) is 2. The molecule has 0 aromatic carbocycles. The van der Waals surface area contributed by atoms with Crippen LogP contribution < -0.4 is 10.6 Å². The molecule has 2 amide bonds. The summed E-state index contributed by atoms with van der Waals surface area (Å²) in [5.41, 5.74) is 0. The molecule has 24 heavy (non-hydrogen) atoms. The molecule has 7 heteroatoms. The third-order valence-corrected chi connectivity index (χ3v) is 5.16. The summed E-state index contributed by atoms with van der Waals surface area (Å²) < 4.78 is 13.3. The van der Waals surface area contributed by atoms with Crippen molar-refractivity contribution in [1.29, 1.82) is 0 Å². The van der Waals surface area contributed by atoms with E-state index in [1.807, 2.05) is 13.8 Å². The molecular formula is C17H28FN3O3. The maximum Gasteiger partial charge on any atom is 0.243 e. The molecule has 2 heterocycles. The van der Waals surface area contributed by atoms with E-state index in [1.165, 1.54) is 6.92 Å². The van der Waals surface area contributed by atoms with Crippen LogP contribution in [-0.4, -0.2) is 59.9 Å². The molecule has 2 fully saturated rings. The number of Topliss-reactive ketones (excluding diaryl/α,β-unsaturated/α-hetero) is 1. The molecule has 5 atom stereocenters. The van der Waals surface area contributed by atoms with Gasteiger partial charge >= 0.3 is 0 Å². The SMILES string of the molecule is CC[C@H](C)[C@H](NC(=O)[C@@H]1CCCN1C(=O)[C@@H]1C[C@H](F)CN1)C(C)=O. The molecular weight excluding hydrogens is 313 g/mol. The van der Waals surface area contributed by atoms with Crippen LogP contribution in [-0.2, 0) is 14.4 Å². The second-order valence-electron chi connectivity index (χ2n) is 6.97. The van der Waals surface area contributed by atoms with Gasteiger partial charge in [0.1, 0.15) is 12.2 Å². The second kappa shape index (κ2) is 8.05. The number of nitrogens with zero attached hydrogens (tertiary/aromatic N) is 1. The van der Waals surface area contributed by atoms with Gasteiger partial charge in [-0.3, -0.25) is 14.4 Å². The molecule has 0 radical (unpaired) electrons. The van der Waals surface area contributed by atoms with Gasteiger partial charge in [0.15, 0.2) is 5.78 Å². The standard InChI is InChI=1S/C17H28FN3O3/c1-4-10(2)15(11(3)22)20-16(23)14-6-5-7-21(14)17(24)13-8-12(18)9-19-13/h10,12-15,19H,4-9H2,1-3H3,(H,20,23)/t10-,12-,13-,14-,15-/m0/s1. The Kier molecular flexibility index (Phi) is 6.32. The van der Waals surface area contributed by atoms with E-state index in [0.717, 1.165) is 12.8 Å². The molecule has 2 rings (SSSR count). The molecule has 0 aromatic heterocycles. The Bertz CT molecular complexity index is 499. The molecule has 2 aliphatic rings. The lowest BCUT2D eigenvalue weighted by Gasteiger charge is -2.29. The monoisotopic (exact) mass is 341 g/mol. The van der Waals surface area contributed by atoms with Crippen molar-refractivity contribution in [1.82, 2.24) is 15.5 Å². The average molecular weight is 341 g/mol. The minimum absolute atomic E-state index is 0.0424. The number of carbonyl (C=O) groups is 3. The molecule has 0 unspecified atom stereocenters. The topological polar surface area (TPSA) is 78.5 Å². The minimum Gasteiger partial charge on any atom is -0.344 e. The molecule has 6 nitrogen and oxygen atoms in total. The molecule has 2 N–H and O–H groups in total. The van der Waals surface area contributed by atoms with Crippen molar-refractivity contribution in [3.8, 4) is 0 Å². The summed E-state index contributed by atoms with van der Waals surface area (Å²) in [5.74, 6) is -0.529. The van der Waals surface area contributed by atoms with Gasteiger partial charge in [0.2, 0.25) is 11.8 Å². The Hall–Kier alpha value is -1.50. The largest absolute Gasteiger partial charge is 0.344 e. The summed E-state index contributed by atoms with van der Waals surface area (Å²) in [5, 5.41) is 5.69. The van der Waals surface area contributed by atoms with Gasteiger partial charge in [-0.25, -0.2) is 4.39 Å². The van der Waals surface area contributed by atoms with Crippen LogP contribution in [0.1, 0.15) is 46.5 Å². The Morgan fingerprint density at radius 2 is 2.08 bits per heavy atom. The first kappa shape index (κ1) is 18.8. The van der Waals surface area contributed by atoms with Gasteiger partial charge in [-0.05, 0) is 25.7 Å². The normalized spacial score (nSPS) is 29.3. The summed E-state index contributed by atoms with van der Waals surface area (Å²) >= 11 is 0. The number of likely N-dealkylation sites (tertiary alicyclic amines) is 1. The fourth-order valence-corrected chi connectivity index (χ4v) is 3.51. The van der Waals surface area contributed by atoms with Crippen molar-refractivity contribution in [2.75, 3.05) is 13.1 Å². The van der Waals surface area contributed by atoms with E-state index in [0.29, 0.717) is 13.0 Å². The molecule has 2 aliphatic heterocycles. The summed E-state index contributed by atoms with van der Waals surface area (Å²) in [6, 6.07) is -1.64. The summed E-state index contributed by atoms with van der Waals surface area (Å²) in [6.07, 6.45) is 1.24. The van der Waals surface area contributed by atoms with Crippen molar-refractivity contribution in [2.45, 2.75) is 70.8 Å². The van der Waals surface area contributed by atoms with Crippen LogP contribution in [0.4, 0.5) is 4.39 Å². The highest BCUT2D eigenvalue weighted by Crippen LogP contribution is 2.22. The molecule has 136 valence electrons. The zero-order valence-corrected chi connectivity index (χ0v) is 14.7. The third kappa shape index (κ3) is 4.12. The maximum atomic E-state index is 13.3. The predicted molar refractivity (Wildman–Crippen MR) is 88.1 cm³/mol. The van der Waals surface area contributed by atoms with E-state index in [2.05, 4.69) is 10.6 Å². The van der Waals surface area contributed by atoms with E-state index in [9.17, 15) is 18.8 Å². The van der Waals surface area contributed by atoms with Crippen LogP contribution in [0.15, 0.2) is 0 Å². The molecule has 0 aromatic rings. The van der Waals surface area contributed by atoms with Crippen LogP contribution in [0, 0.1) is 5.92 Å². The zero-order chi connectivity index (χ0) is 17.9. The van der Waals surface area contributed by atoms with Gasteiger partial charge in [-0.1, -0.05) is 20.3 Å². The van der Waals surface area contributed by atoms with Crippen LogP contribution in [0.3, 0.4) is 0 Å². The van der Waals surface area contributed by atoms with Crippen molar-refractivity contribution in [3.63, 3.8) is 0 Å². The highest BCUT2D eigenvalue weighted by atomic mass is 19.1. The zero-order valence-electron chi connectivity index (χ0n) is 14.7. The first-order valence-corrected chi connectivity index (χ1v) is 8.83. The fraction of sp³-hybridized carbons (Fsp3) is 0.824. The number of halogens is 1. The van der Waals surface area contributed by atoms with E-state index < -0.39 is 24.3 Å². The van der Waals surface area contributed by atoms with Crippen LogP contribution >= 0.6 is 0 Å². The molecule has 2 saturated heterocycles. The van der Waals surface area contributed by atoms with Gasteiger partial charge in [-0.2, -0.15) is 0 Å². The number of nitrogens with one attached hydrogen (secondary N) is 2.